The van der Waals surface area contributed by atoms with Crippen molar-refractivity contribution in [2.24, 2.45) is 17.8 Å². The molecule has 0 saturated carbocycles. The molecule has 0 bridgehead atoms. The molecular weight excluding hydrogens is 544 g/mol. The third-order valence-corrected chi connectivity index (χ3v) is 9.73. The first-order valence-corrected chi connectivity index (χ1v) is 17.5. The van der Waals surface area contributed by atoms with Gasteiger partial charge >= 0.3 is 0 Å². The first-order valence-electron chi connectivity index (χ1n) is 17.5. The molecule has 3 aliphatic carbocycles. The predicted molar refractivity (Wildman–Crippen MR) is 197 cm³/mol. The second-order valence-corrected chi connectivity index (χ2v) is 14.7. The predicted octanol–water partition coefficient (Wildman–Crippen LogP) is 11.5. The van der Waals surface area contributed by atoms with Gasteiger partial charge in [-0.2, -0.15) is 0 Å². The Kier molecular flexibility index (Phi) is 10.7. The van der Waals surface area contributed by atoms with Crippen molar-refractivity contribution >= 4 is 11.4 Å². The van der Waals surface area contributed by atoms with E-state index in [1.54, 1.807) is 0 Å². The molecule has 2 nitrogen and oxygen atoms in total. The summed E-state index contributed by atoms with van der Waals surface area (Å²) in [4.78, 5) is 5.41. The number of allylic oxidation sites excluding steroid dienone is 8. The average Bonchev–Trinajstić information content (AvgIpc) is 3.00. The molecule has 3 aliphatic rings. The van der Waals surface area contributed by atoms with Gasteiger partial charge in [-0.15, -0.1) is 0 Å². The summed E-state index contributed by atoms with van der Waals surface area (Å²) in [6.07, 6.45) is 21.4. The smallest absolute Gasteiger partial charge is 0.0514 e. The summed E-state index contributed by atoms with van der Waals surface area (Å²) in [6.45, 7) is 20.5. The number of anilines is 2. The van der Waals surface area contributed by atoms with Gasteiger partial charge in [-0.3, -0.25) is 0 Å². The molecule has 238 valence electrons. The molecule has 0 aromatic heterocycles. The molecule has 0 saturated heterocycles. The van der Waals surface area contributed by atoms with Crippen molar-refractivity contribution in [3.05, 3.63) is 131 Å². The highest BCUT2D eigenvalue weighted by Gasteiger charge is 2.36. The van der Waals surface area contributed by atoms with Crippen LogP contribution >= 0.6 is 0 Å². The lowest BCUT2D eigenvalue weighted by Gasteiger charge is -2.47. The molecule has 5 rings (SSSR count). The SMILES string of the molecule is C=CC1=CCCC(N(C2=C(C)CC(N(c3cccc(CC(C)C)c3)C3C=CC(C)=CC3)C(C)C2)c2cccc(CC(C)C)c2)=C1. The van der Waals surface area contributed by atoms with Gasteiger partial charge in [0.1, 0.15) is 0 Å². The minimum absolute atomic E-state index is 0.370. The molecule has 0 amide bonds. The highest BCUT2D eigenvalue weighted by Crippen LogP contribution is 2.42. The van der Waals surface area contributed by atoms with E-state index in [0.29, 0.717) is 29.8 Å². The Morgan fingerprint density at radius 2 is 1.56 bits per heavy atom. The molecule has 0 aliphatic heterocycles. The third-order valence-electron chi connectivity index (χ3n) is 9.73. The molecular formula is C43H56N2. The Balaban J connectivity index is 1.55. The van der Waals surface area contributed by atoms with Gasteiger partial charge in [0.25, 0.3) is 0 Å². The van der Waals surface area contributed by atoms with Crippen molar-refractivity contribution < 1.29 is 0 Å². The highest BCUT2D eigenvalue weighted by atomic mass is 15.2. The van der Waals surface area contributed by atoms with E-state index in [2.05, 4.69) is 144 Å². The van der Waals surface area contributed by atoms with Crippen LogP contribution in [0.3, 0.4) is 0 Å². The third kappa shape index (κ3) is 8.01. The summed E-state index contributed by atoms with van der Waals surface area (Å²) in [5, 5.41) is 0. The van der Waals surface area contributed by atoms with Gasteiger partial charge in [0.05, 0.1) is 6.04 Å². The minimum atomic E-state index is 0.370. The van der Waals surface area contributed by atoms with Crippen molar-refractivity contribution in [3.8, 4) is 0 Å². The Hall–Kier alpha value is -3.52. The van der Waals surface area contributed by atoms with Crippen molar-refractivity contribution in [2.45, 2.75) is 105 Å². The summed E-state index contributed by atoms with van der Waals surface area (Å²) in [6, 6.07) is 19.5. The van der Waals surface area contributed by atoms with E-state index in [4.69, 9.17) is 0 Å². The molecule has 0 spiro atoms. The molecule has 0 fully saturated rings. The fourth-order valence-corrected chi connectivity index (χ4v) is 7.59. The molecule has 2 aromatic rings. The van der Waals surface area contributed by atoms with Crippen molar-refractivity contribution in [3.63, 3.8) is 0 Å². The number of benzene rings is 2. The van der Waals surface area contributed by atoms with Gasteiger partial charge in [0.15, 0.2) is 0 Å². The normalized spacial score (nSPS) is 21.9. The molecule has 3 atom stereocenters. The zero-order chi connectivity index (χ0) is 32.1. The Morgan fingerprint density at radius 1 is 0.889 bits per heavy atom. The van der Waals surface area contributed by atoms with Crippen LogP contribution in [0.5, 0.6) is 0 Å². The van der Waals surface area contributed by atoms with Crippen molar-refractivity contribution in [2.75, 3.05) is 9.80 Å². The van der Waals surface area contributed by atoms with Crippen LogP contribution in [0.2, 0.25) is 0 Å². The van der Waals surface area contributed by atoms with E-state index in [-0.39, 0.29) is 0 Å². The Bertz CT molecular complexity index is 1510. The van der Waals surface area contributed by atoms with Gasteiger partial charge in [-0.25, -0.2) is 0 Å². The topological polar surface area (TPSA) is 6.48 Å². The quantitative estimate of drug-likeness (QED) is 0.253. The molecule has 45 heavy (non-hydrogen) atoms. The number of rotatable bonds is 11. The van der Waals surface area contributed by atoms with Crippen LogP contribution < -0.4 is 9.80 Å². The van der Waals surface area contributed by atoms with Gasteiger partial charge in [0.2, 0.25) is 0 Å². The van der Waals surface area contributed by atoms with E-state index in [9.17, 15) is 0 Å². The largest absolute Gasteiger partial charge is 0.361 e. The van der Waals surface area contributed by atoms with Gasteiger partial charge in [-0.05, 0) is 124 Å². The first kappa shape index (κ1) is 32.9. The molecule has 0 heterocycles. The zero-order valence-electron chi connectivity index (χ0n) is 29.0. The lowest BCUT2D eigenvalue weighted by atomic mass is 9.81. The lowest BCUT2D eigenvalue weighted by Crippen LogP contribution is -2.48. The van der Waals surface area contributed by atoms with E-state index < -0.39 is 0 Å². The zero-order valence-corrected chi connectivity index (χ0v) is 29.0. The van der Waals surface area contributed by atoms with Gasteiger partial charge < -0.3 is 9.80 Å². The van der Waals surface area contributed by atoms with Crippen LogP contribution in [-0.2, 0) is 12.8 Å². The maximum atomic E-state index is 4.11. The molecule has 0 N–H and O–H groups in total. The maximum Gasteiger partial charge on any atom is 0.0514 e. The van der Waals surface area contributed by atoms with Crippen LogP contribution in [0.15, 0.2) is 120 Å². The van der Waals surface area contributed by atoms with Crippen LogP contribution in [-0.4, -0.2) is 12.1 Å². The summed E-state index contributed by atoms with van der Waals surface area (Å²) in [5.74, 6) is 1.77. The van der Waals surface area contributed by atoms with Gasteiger partial charge in [-0.1, -0.05) is 107 Å². The second kappa shape index (κ2) is 14.7. The number of nitrogens with zero attached hydrogens (tertiary/aromatic N) is 2. The Morgan fingerprint density at radius 3 is 2.18 bits per heavy atom. The fourth-order valence-electron chi connectivity index (χ4n) is 7.59. The van der Waals surface area contributed by atoms with E-state index >= 15 is 0 Å². The molecule has 0 radical (unpaired) electrons. The first-order chi connectivity index (χ1) is 21.6. The Labute approximate surface area is 274 Å². The van der Waals surface area contributed by atoms with E-state index in [1.165, 1.54) is 50.6 Å². The summed E-state index contributed by atoms with van der Waals surface area (Å²) < 4.78 is 0. The van der Waals surface area contributed by atoms with E-state index in [1.807, 2.05) is 6.08 Å². The summed E-state index contributed by atoms with van der Waals surface area (Å²) >= 11 is 0. The van der Waals surface area contributed by atoms with Gasteiger partial charge in [0, 0.05) is 28.8 Å². The second-order valence-electron chi connectivity index (χ2n) is 14.7. The molecule has 2 heteroatoms. The minimum Gasteiger partial charge on any atom is -0.361 e. The lowest BCUT2D eigenvalue weighted by molar-refractivity contribution is 0.376. The van der Waals surface area contributed by atoms with E-state index in [0.717, 1.165) is 44.9 Å². The van der Waals surface area contributed by atoms with Crippen molar-refractivity contribution in [1.82, 2.24) is 0 Å². The number of hydrogen-bond acceptors (Lipinski definition) is 2. The maximum absolute atomic E-state index is 4.11. The van der Waals surface area contributed by atoms with Crippen LogP contribution in [0, 0.1) is 17.8 Å². The fraction of sp³-hybridized carbons (Fsp3) is 0.442. The molecule has 3 unspecified atom stereocenters. The average molecular weight is 601 g/mol. The van der Waals surface area contributed by atoms with Crippen LogP contribution in [0.1, 0.15) is 91.7 Å². The summed E-state index contributed by atoms with van der Waals surface area (Å²) in [5.41, 5.74) is 12.5. The monoisotopic (exact) mass is 600 g/mol. The summed E-state index contributed by atoms with van der Waals surface area (Å²) in [7, 11) is 0. The van der Waals surface area contributed by atoms with Crippen LogP contribution in [0.25, 0.3) is 0 Å². The molecule has 2 aromatic carbocycles. The standard InChI is InChI=1S/C43H56N2/c1-9-35-13-10-16-39(27-35)45(41-18-12-15-37(29-41)24-31(4)5)43-26-33(7)42(25-34(43)8)44(38-21-19-32(6)20-22-38)40-17-11-14-36(28-40)23-30(2)3/h9,11-15,17-21,27-31,33,38,42H,1,10,16,22-26H2,2-8H3. The van der Waals surface area contributed by atoms with Crippen molar-refractivity contribution in [1.29, 1.82) is 0 Å². The van der Waals surface area contributed by atoms with Crippen LogP contribution in [0.4, 0.5) is 11.4 Å². The highest BCUT2D eigenvalue weighted by molar-refractivity contribution is 5.63. The number of hydrogen-bond donors (Lipinski definition) is 0.